The number of hydrogen-bond acceptors (Lipinski definition) is 4. The van der Waals surface area contributed by atoms with Crippen LogP contribution in [0.4, 0.5) is 0 Å². The summed E-state index contributed by atoms with van der Waals surface area (Å²) in [5.74, 6) is -1.09. The lowest BCUT2D eigenvalue weighted by molar-refractivity contribution is -0.145. The second-order valence-corrected chi connectivity index (χ2v) is 4.52. The summed E-state index contributed by atoms with van der Waals surface area (Å²) in [6, 6.07) is 11.4. The Morgan fingerprint density at radius 3 is 2.59 bits per heavy atom. The van der Waals surface area contributed by atoms with E-state index < -0.39 is 17.3 Å². The Morgan fingerprint density at radius 2 is 2.00 bits per heavy atom. The van der Waals surface area contributed by atoms with E-state index in [0.717, 1.165) is 5.56 Å². The lowest BCUT2D eigenvalue weighted by atomic mass is 9.76. The predicted octanol–water partition coefficient (Wildman–Crippen LogP) is 2.11. The van der Waals surface area contributed by atoms with Crippen molar-refractivity contribution in [3.8, 4) is 6.07 Å². The quantitative estimate of drug-likeness (QED) is 0.728. The first kappa shape index (κ1) is 11.3. The molecule has 86 valence electrons. The van der Waals surface area contributed by atoms with Crippen LogP contribution in [0.2, 0.25) is 0 Å². The van der Waals surface area contributed by atoms with Crippen LogP contribution in [-0.4, -0.2) is 11.7 Å². The van der Waals surface area contributed by atoms with Gasteiger partial charge >= 0.3 is 5.97 Å². The Bertz CT molecular complexity index is 512. The zero-order chi connectivity index (χ0) is 12.5. The minimum Gasteiger partial charge on any atom is -0.317 e. The van der Waals surface area contributed by atoms with Crippen molar-refractivity contribution in [2.75, 3.05) is 0 Å². The van der Waals surface area contributed by atoms with Gasteiger partial charge < -0.3 is 4.84 Å². The van der Waals surface area contributed by atoms with Crippen LogP contribution in [0.15, 0.2) is 35.5 Å². The first-order chi connectivity index (χ1) is 8.06. The molecule has 0 saturated carbocycles. The van der Waals surface area contributed by atoms with Crippen molar-refractivity contribution < 1.29 is 9.63 Å². The van der Waals surface area contributed by atoms with Gasteiger partial charge in [0.1, 0.15) is 11.6 Å². The van der Waals surface area contributed by atoms with Crippen molar-refractivity contribution in [2.45, 2.75) is 13.8 Å². The van der Waals surface area contributed by atoms with Gasteiger partial charge in [0.05, 0.1) is 11.5 Å². The molecule has 1 aliphatic heterocycles. The molecule has 0 radical (unpaired) electrons. The van der Waals surface area contributed by atoms with Crippen LogP contribution >= 0.6 is 0 Å². The van der Waals surface area contributed by atoms with Crippen LogP contribution in [0.5, 0.6) is 0 Å². The predicted molar refractivity (Wildman–Crippen MR) is 62.0 cm³/mol. The summed E-state index contributed by atoms with van der Waals surface area (Å²) in [6.07, 6.45) is 0. The third-order valence-electron chi connectivity index (χ3n) is 2.82. The van der Waals surface area contributed by atoms with Crippen LogP contribution in [0.1, 0.15) is 19.4 Å². The maximum atomic E-state index is 11.7. The van der Waals surface area contributed by atoms with Crippen molar-refractivity contribution in [1.82, 2.24) is 0 Å². The van der Waals surface area contributed by atoms with E-state index in [-0.39, 0.29) is 0 Å². The van der Waals surface area contributed by atoms with Gasteiger partial charge in [0.2, 0.25) is 0 Å². The molecule has 0 fully saturated rings. The van der Waals surface area contributed by atoms with Gasteiger partial charge in [-0.15, -0.1) is 0 Å². The molecule has 1 aliphatic rings. The second kappa shape index (κ2) is 4.02. The van der Waals surface area contributed by atoms with Crippen LogP contribution in [0.25, 0.3) is 0 Å². The van der Waals surface area contributed by atoms with E-state index in [9.17, 15) is 4.79 Å². The Kier molecular flexibility index (Phi) is 2.68. The molecule has 0 N–H and O–H groups in total. The van der Waals surface area contributed by atoms with E-state index in [4.69, 9.17) is 10.1 Å². The van der Waals surface area contributed by atoms with Gasteiger partial charge in [-0.3, -0.25) is 0 Å². The number of carbonyl (C=O) groups is 1. The fraction of sp³-hybridized carbons (Fsp3) is 0.308. The minimum atomic E-state index is -0.831. The number of carbonyl (C=O) groups excluding carboxylic acids is 1. The maximum Gasteiger partial charge on any atom is 0.345 e. The average Bonchev–Trinajstić information content (AvgIpc) is 2.73. The Hall–Kier alpha value is -2.15. The molecule has 1 aromatic carbocycles. The molecule has 4 heteroatoms. The molecule has 17 heavy (non-hydrogen) atoms. The van der Waals surface area contributed by atoms with Gasteiger partial charge in [-0.1, -0.05) is 35.5 Å². The fourth-order valence-corrected chi connectivity index (χ4v) is 1.84. The second-order valence-electron chi connectivity index (χ2n) is 4.52. The molecule has 0 amide bonds. The summed E-state index contributed by atoms with van der Waals surface area (Å²) >= 11 is 0. The third-order valence-corrected chi connectivity index (χ3v) is 2.82. The molecule has 1 unspecified atom stereocenters. The summed E-state index contributed by atoms with van der Waals surface area (Å²) in [4.78, 5) is 16.4. The summed E-state index contributed by atoms with van der Waals surface area (Å²) in [7, 11) is 0. The molecular formula is C13H12N2O2. The lowest BCUT2D eigenvalue weighted by Crippen LogP contribution is -2.33. The molecule has 0 saturated heterocycles. The van der Waals surface area contributed by atoms with Gasteiger partial charge in [0.25, 0.3) is 0 Å². The summed E-state index contributed by atoms with van der Waals surface area (Å²) in [5.41, 5.74) is 0.510. The molecule has 4 nitrogen and oxygen atoms in total. The maximum absolute atomic E-state index is 11.7. The zero-order valence-corrected chi connectivity index (χ0v) is 9.68. The lowest BCUT2D eigenvalue weighted by Gasteiger charge is -2.21. The highest BCUT2D eigenvalue weighted by Crippen LogP contribution is 2.33. The van der Waals surface area contributed by atoms with Crippen molar-refractivity contribution in [3.63, 3.8) is 0 Å². The van der Waals surface area contributed by atoms with Crippen molar-refractivity contribution in [2.24, 2.45) is 16.5 Å². The highest BCUT2D eigenvalue weighted by atomic mass is 16.7. The van der Waals surface area contributed by atoms with Crippen LogP contribution in [0, 0.1) is 22.7 Å². The molecule has 1 aromatic rings. The Labute approximate surface area is 99.5 Å². The fourth-order valence-electron chi connectivity index (χ4n) is 1.84. The van der Waals surface area contributed by atoms with Gasteiger partial charge in [-0.2, -0.15) is 5.26 Å². The molecule has 1 atom stereocenters. The topological polar surface area (TPSA) is 62.5 Å². The number of benzene rings is 1. The zero-order valence-electron chi connectivity index (χ0n) is 9.68. The van der Waals surface area contributed by atoms with E-state index in [1.165, 1.54) is 0 Å². The third kappa shape index (κ3) is 1.92. The van der Waals surface area contributed by atoms with E-state index in [0.29, 0.717) is 5.71 Å². The number of oxime groups is 1. The monoisotopic (exact) mass is 228 g/mol. The van der Waals surface area contributed by atoms with Crippen LogP contribution in [0.3, 0.4) is 0 Å². The van der Waals surface area contributed by atoms with Gasteiger partial charge in [-0.05, 0) is 13.8 Å². The summed E-state index contributed by atoms with van der Waals surface area (Å²) < 4.78 is 0. The molecule has 0 aromatic heterocycles. The van der Waals surface area contributed by atoms with Crippen LogP contribution in [-0.2, 0) is 9.63 Å². The molecule has 1 heterocycles. The molecular weight excluding hydrogens is 216 g/mol. The number of nitrogens with zero attached hydrogens (tertiary/aromatic N) is 2. The molecule has 0 spiro atoms. The largest absolute Gasteiger partial charge is 0.345 e. The van der Waals surface area contributed by atoms with Gasteiger partial charge in [0.15, 0.2) is 0 Å². The van der Waals surface area contributed by atoms with Crippen LogP contribution < -0.4 is 0 Å². The Morgan fingerprint density at radius 1 is 1.35 bits per heavy atom. The standard InChI is InChI=1S/C13H12N2O2/c1-13(2,8-14)10-11(15-17-12(10)16)9-6-4-3-5-7-9/h3-7,10H,1-2H3. The number of rotatable bonds is 2. The first-order valence-corrected chi connectivity index (χ1v) is 5.31. The summed E-state index contributed by atoms with van der Waals surface area (Å²) in [5, 5.41) is 12.9. The number of hydrogen-bond donors (Lipinski definition) is 0. The smallest absolute Gasteiger partial charge is 0.317 e. The Balaban J connectivity index is 2.43. The average molecular weight is 228 g/mol. The van der Waals surface area contributed by atoms with Crippen molar-refractivity contribution in [1.29, 1.82) is 5.26 Å². The normalized spacial score (nSPS) is 19.5. The molecule has 0 bridgehead atoms. The number of nitriles is 1. The minimum absolute atomic E-state index is 0.463. The molecule has 2 rings (SSSR count). The SMILES string of the molecule is CC(C)(C#N)C1C(=O)ON=C1c1ccccc1. The first-order valence-electron chi connectivity index (χ1n) is 5.31. The van der Waals surface area contributed by atoms with E-state index in [1.807, 2.05) is 30.3 Å². The highest BCUT2D eigenvalue weighted by molar-refractivity contribution is 6.14. The summed E-state index contributed by atoms with van der Waals surface area (Å²) in [6.45, 7) is 3.42. The molecule has 0 aliphatic carbocycles. The van der Waals surface area contributed by atoms with Crippen molar-refractivity contribution >= 4 is 11.7 Å². The van der Waals surface area contributed by atoms with Gasteiger partial charge in [0, 0.05) is 5.56 Å². The van der Waals surface area contributed by atoms with E-state index in [1.54, 1.807) is 13.8 Å². The van der Waals surface area contributed by atoms with E-state index in [2.05, 4.69) is 11.2 Å². The van der Waals surface area contributed by atoms with Gasteiger partial charge in [-0.25, -0.2) is 4.79 Å². The van der Waals surface area contributed by atoms with E-state index >= 15 is 0 Å². The van der Waals surface area contributed by atoms with Crippen molar-refractivity contribution in [3.05, 3.63) is 35.9 Å². The highest BCUT2D eigenvalue weighted by Gasteiger charge is 2.45.